The van der Waals surface area contributed by atoms with Crippen LogP contribution in [0.4, 0.5) is 0 Å². The van der Waals surface area contributed by atoms with E-state index < -0.39 is 0 Å². The molecule has 1 aliphatic carbocycles. The lowest BCUT2D eigenvalue weighted by Gasteiger charge is -2.37. The normalized spacial score (nSPS) is 19.0. The van der Waals surface area contributed by atoms with Crippen molar-refractivity contribution in [1.29, 1.82) is 0 Å². The molecule has 1 aromatic heterocycles. The van der Waals surface area contributed by atoms with Crippen LogP contribution in [-0.4, -0.2) is 23.3 Å². The van der Waals surface area contributed by atoms with Crippen molar-refractivity contribution in [3.63, 3.8) is 0 Å². The number of benzene rings is 1. The summed E-state index contributed by atoms with van der Waals surface area (Å²) in [6.07, 6.45) is 6.91. The topological polar surface area (TPSA) is 68.5 Å². The highest BCUT2D eigenvalue weighted by atomic mass is 16.5. The molecule has 2 heterocycles. The highest BCUT2D eigenvalue weighted by Gasteiger charge is 2.42. The number of amides is 1. The summed E-state index contributed by atoms with van der Waals surface area (Å²) in [5.41, 5.74) is 1.49. The largest absolute Gasteiger partial charge is 0.486 e. The number of hydrogen-bond donors (Lipinski definition) is 1. The minimum Gasteiger partial charge on any atom is -0.486 e. The van der Waals surface area contributed by atoms with E-state index >= 15 is 0 Å². The van der Waals surface area contributed by atoms with Crippen molar-refractivity contribution >= 4 is 22.7 Å². The average Bonchev–Trinajstić information content (AvgIpc) is 2.79. The van der Waals surface area contributed by atoms with Crippen LogP contribution in [0.3, 0.4) is 0 Å². The molecule has 5 heteroatoms. The van der Waals surface area contributed by atoms with Gasteiger partial charge in [-0.05, 0) is 58.6 Å². The minimum absolute atomic E-state index is 0.0130. The van der Waals surface area contributed by atoms with Crippen LogP contribution in [0.5, 0.6) is 5.75 Å². The number of rotatable bonds is 2. The van der Waals surface area contributed by atoms with E-state index in [0.717, 1.165) is 31.1 Å². The van der Waals surface area contributed by atoms with Crippen LogP contribution in [0.1, 0.15) is 85.3 Å². The predicted octanol–water partition coefficient (Wildman–Crippen LogP) is 4.94. The van der Waals surface area contributed by atoms with Crippen molar-refractivity contribution in [2.24, 2.45) is 0 Å². The molecule has 0 bridgehead atoms. The van der Waals surface area contributed by atoms with Crippen molar-refractivity contribution in [3.8, 4) is 5.75 Å². The van der Waals surface area contributed by atoms with Gasteiger partial charge in [0.2, 0.25) is 0 Å². The molecule has 1 aliphatic heterocycles. The van der Waals surface area contributed by atoms with Crippen LogP contribution in [0.2, 0.25) is 0 Å². The molecule has 144 valence electrons. The summed E-state index contributed by atoms with van der Waals surface area (Å²) in [6, 6.07) is 3.66. The van der Waals surface area contributed by atoms with Crippen molar-refractivity contribution in [2.45, 2.75) is 77.4 Å². The summed E-state index contributed by atoms with van der Waals surface area (Å²) < 4.78 is 12.3. The number of ether oxygens (including phenoxy) is 1. The quantitative estimate of drug-likeness (QED) is 0.814. The zero-order valence-corrected chi connectivity index (χ0v) is 16.3. The van der Waals surface area contributed by atoms with Gasteiger partial charge in [0.05, 0.1) is 12.0 Å². The Balaban J connectivity index is 1.78. The molecule has 0 atom stereocenters. The molecule has 2 aromatic rings. The van der Waals surface area contributed by atoms with Crippen molar-refractivity contribution in [1.82, 2.24) is 5.32 Å². The Bertz CT molecular complexity index is 901. The molecule has 1 aromatic carbocycles. The molecule has 0 saturated heterocycles. The molecule has 5 nitrogen and oxygen atoms in total. The molecular weight excluding hydrogens is 342 g/mol. The van der Waals surface area contributed by atoms with Crippen LogP contribution < -0.4 is 10.1 Å². The number of fused-ring (bicyclic) bond motifs is 3. The third-order valence-electron chi connectivity index (χ3n) is 5.79. The minimum atomic E-state index is -0.357. The van der Waals surface area contributed by atoms with Gasteiger partial charge in [-0.3, -0.25) is 9.59 Å². The van der Waals surface area contributed by atoms with Crippen LogP contribution in [-0.2, 0) is 0 Å². The molecule has 0 radical (unpaired) electrons. The third-order valence-corrected chi connectivity index (χ3v) is 5.79. The molecule has 1 amide bonds. The second-order valence-electron chi connectivity index (χ2n) is 8.30. The number of ketones is 1. The van der Waals surface area contributed by atoms with Crippen LogP contribution in [0.25, 0.3) is 11.0 Å². The van der Waals surface area contributed by atoms with Gasteiger partial charge in [-0.15, -0.1) is 0 Å². The highest BCUT2D eigenvalue weighted by Crippen LogP contribution is 2.44. The predicted molar refractivity (Wildman–Crippen MR) is 104 cm³/mol. The first-order valence-electron chi connectivity index (χ1n) is 9.99. The molecule has 27 heavy (non-hydrogen) atoms. The van der Waals surface area contributed by atoms with E-state index in [9.17, 15) is 9.59 Å². The molecular formula is C22H27NO4. The number of Topliss-reactive ketones (excluding diaryl/α,β-unsaturated/α-hetero) is 1. The van der Waals surface area contributed by atoms with Crippen LogP contribution in [0, 0.1) is 6.92 Å². The van der Waals surface area contributed by atoms with E-state index in [2.05, 4.69) is 5.32 Å². The summed E-state index contributed by atoms with van der Waals surface area (Å²) in [5, 5.41) is 3.57. The average molecular weight is 369 g/mol. The fourth-order valence-corrected chi connectivity index (χ4v) is 4.53. The standard InChI is InChI=1S/C22H27NO4/c1-13(2)23-21(25)20-14(3)18-16(26-20)8-9-17-19(18)15(24)12-22(27-17)10-6-4-5-7-11-22/h8-9,13H,4-7,10-12H2,1-3H3,(H,23,25). The number of hydrogen-bond acceptors (Lipinski definition) is 4. The Hall–Kier alpha value is -2.30. The Morgan fingerprint density at radius 3 is 2.52 bits per heavy atom. The molecule has 2 aliphatic rings. The fraction of sp³-hybridized carbons (Fsp3) is 0.545. The van der Waals surface area contributed by atoms with E-state index in [0.29, 0.717) is 28.9 Å². The van der Waals surface area contributed by atoms with Crippen molar-refractivity contribution in [3.05, 3.63) is 29.0 Å². The van der Waals surface area contributed by atoms with Gasteiger partial charge in [0, 0.05) is 17.0 Å². The lowest BCUT2D eigenvalue weighted by molar-refractivity contribution is 0.0301. The molecule has 1 fully saturated rings. The second-order valence-corrected chi connectivity index (χ2v) is 8.30. The lowest BCUT2D eigenvalue weighted by Crippen LogP contribution is -2.41. The van der Waals surface area contributed by atoms with E-state index in [4.69, 9.17) is 9.15 Å². The van der Waals surface area contributed by atoms with Gasteiger partial charge in [-0.2, -0.15) is 0 Å². The number of aryl methyl sites for hydroxylation is 1. The van der Waals surface area contributed by atoms with Crippen molar-refractivity contribution < 1.29 is 18.7 Å². The number of carbonyl (C=O) groups excluding carboxylic acids is 2. The highest BCUT2D eigenvalue weighted by molar-refractivity contribution is 6.13. The molecule has 4 rings (SSSR count). The summed E-state index contributed by atoms with van der Waals surface area (Å²) in [4.78, 5) is 25.6. The molecule has 0 unspecified atom stereocenters. The smallest absolute Gasteiger partial charge is 0.287 e. The third kappa shape index (κ3) is 3.13. The maximum atomic E-state index is 13.2. The Kier molecular flexibility index (Phi) is 4.49. The maximum Gasteiger partial charge on any atom is 0.287 e. The fourth-order valence-electron chi connectivity index (χ4n) is 4.53. The van der Waals surface area contributed by atoms with Gasteiger partial charge in [-0.25, -0.2) is 0 Å². The first-order valence-corrected chi connectivity index (χ1v) is 9.99. The van der Waals surface area contributed by atoms with Gasteiger partial charge in [0.1, 0.15) is 16.9 Å². The maximum absolute atomic E-state index is 13.2. The van der Waals surface area contributed by atoms with E-state index in [1.165, 1.54) is 12.8 Å². The molecule has 1 saturated carbocycles. The van der Waals surface area contributed by atoms with Crippen molar-refractivity contribution in [2.75, 3.05) is 0 Å². The van der Waals surface area contributed by atoms with Crippen LogP contribution in [0.15, 0.2) is 16.5 Å². The molecule has 1 N–H and O–H groups in total. The molecule has 1 spiro atoms. The second kappa shape index (κ2) is 6.70. The number of carbonyl (C=O) groups is 2. The van der Waals surface area contributed by atoms with E-state index in [1.807, 2.05) is 32.9 Å². The summed E-state index contributed by atoms with van der Waals surface area (Å²) in [5.74, 6) is 0.760. The summed E-state index contributed by atoms with van der Waals surface area (Å²) >= 11 is 0. The zero-order valence-electron chi connectivity index (χ0n) is 16.3. The zero-order chi connectivity index (χ0) is 19.2. The van der Waals surface area contributed by atoms with E-state index in [-0.39, 0.29) is 29.1 Å². The SMILES string of the molecule is Cc1c(C(=O)NC(C)C)oc2ccc3c(c12)C(=O)CC1(CCCCCC1)O3. The van der Waals surface area contributed by atoms with Gasteiger partial charge in [0.15, 0.2) is 11.5 Å². The number of nitrogens with one attached hydrogen (secondary N) is 1. The van der Waals surface area contributed by atoms with Gasteiger partial charge in [-0.1, -0.05) is 12.8 Å². The summed E-state index contributed by atoms with van der Waals surface area (Å²) in [7, 11) is 0. The van der Waals surface area contributed by atoms with Gasteiger partial charge in [0.25, 0.3) is 5.91 Å². The first-order chi connectivity index (χ1) is 12.9. The monoisotopic (exact) mass is 369 g/mol. The Morgan fingerprint density at radius 1 is 1.15 bits per heavy atom. The first kappa shape index (κ1) is 18.1. The van der Waals surface area contributed by atoms with Gasteiger partial charge < -0.3 is 14.5 Å². The number of furan rings is 1. The van der Waals surface area contributed by atoms with E-state index in [1.54, 1.807) is 0 Å². The van der Waals surface area contributed by atoms with Gasteiger partial charge >= 0.3 is 0 Å². The lowest BCUT2D eigenvalue weighted by atomic mass is 9.83. The summed E-state index contributed by atoms with van der Waals surface area (Å²) in [6.45, 7) is 5.65. The Labute approximate surface area is 159 Å². The van der Waals surface area contributed by atoms with Crippen LogP contribution >= 0.6 is 0 Å². The Morgan fingerprint density at radius 2 is 1.85 bits per heavy atom.